The van der Waals surface area contributed by atoms with Gasteiger partial charge in [0, 0.05) is 4.47 Å². The van der Waals surface area contributed by atoms with E-state index in [0.717, 1.165) is 4.47 Å². The van der Waals surface area contributed by atoms with Gasteiger partial charge >= 0.3 is 0 Å². The summed E-state index contributed by atoms with van der Waals surface area (Å²) < 4.78 is 14.5. The fourth-order valence-electron chi connectivity index (χ4n) is 1.58. The number of aryl methyl sites for hydroxylation is 1. The highest BCUT2D eigenvalue weighted by Gasteiger charge is 2.13. The summed E-state index contributed by atoms with van der Waals surface area (Å²) in [5.41, 5.74) is 1.11. The number of amides is 1. The van der Waals surface area contributed by atoms with Gasteiger partial charge in [-0.25, -0.2) is 4.39 Å². The molecule has 0 aromatic heterocycles. The van der Waals surface area contributed by atoms with Crippen LogP contribution in [0.15, 0.2) is 46.9 Å². The maximum Gasteiger partial charge on any atom is 0.258 e. The van der Waals surface area contributed by atoms with Crippen molar-refractivity contribution in [1.29, 1.82) is 0 Å². The zero-order chi connectivity index (χ0) is 13.1. The first-order valence-corrected chi connectivity index (χ1v) is 6.20. The fraction of sp³-hybridized carbons (Fsp3) is 0.0714. The van der Waals surface area contributed by atoms with Crippen molar-refractivity contribution >= 4 is 27.5 Å². The molecule has 2 nitrogen and oxygen atoms in total. The van der Waals surface area contributed by atoms with Crippen molar-refractivity contribution in [2.45, 2.75) is 6.92 Å². The van der Waals surface area contributed by atoms with Crippen molar-refractivity contribution in [1.82, 2.24) is 0 Å². The third kappa shape index (κ3) is 2.59. The second-order valence-corrected chi connectivity index (χ2v) is 4.72. The van der Waals surface area contributed by atoms with Crippen LogP contribution in [0.2, 0.25) is 0 Å². The molecular formula is C14H11BrFNO. The second kappa shape index (κ2) is 5.31. The van der Waals surface area contributed by atoms with Gasteiger partial charge in [0.15, 0.2) is 0 Å². The molecule has 0 aliphatic heterocycles. The van der Waals surface area contributed by atoms with E-state index < -0.39 is 11.7 Å². The molecule has 92 valence electrons. The third-order valence-electron chi connectivity index (χ3n) is 2.56. The Hall–Kier alpha value is -1.68. The normalized spacial score (nSPS) is 10.2. The van der Waals surface area contributed by atoms with Crippen LogP contribution in [0.4, 0.5) is 10.1 Å². The van der Waals surface area contributed by atoms with Gasteiger partial charge in [0.05, 0.1) is 11.3 Å². The van der Waals surface area contributed by atoms with Crippen molar-refractivity contribution in [3.63, 3.8) is 0 Å². The number of anilines is 1. The molecule has 2 rings (SSSR count). The first-order valence-electron chi connectivity index (χ1n) is 5.40. The fourth-order valence-corrected chi connectivity index (χ4v) is 1.96. The van der Waals surface area contributed by atoms with E-state index in [1.807, 2.05) is 12.1 Å². The lowest BCUT2D eigenvalue weighted by Crippen LogP contribution is -2.14. The molecule has 1 N–H and O–H groups in total. The minimum atomic E-state index is -0.484. The lowest BCUT2D eigenvalue weighted by atomic mass is 10.1. The van der Waals surface area contributed by atoms with Crippen LogP contribution < -0.4 is 5.32 Å². The first kappa shape index (κ1) is 12.8. The molecule has 0 atom stereocenters. The van der Waals surface area contributed by atoms with Crippen LogP contribution in [-0.4, -0.2) is 5.91 Å². The molecule has 0 unspecified atom stereocenters. The first-order chi connectivity index (χ1) is 8.59. The van der Waals surface area contributed by atoms with E-state index in [1.165, 1.54) is 6.07 Å². The highest BCUT2D eigenvalue weighted by atomic mass is 79.9. The van der Waals surface area contributed by atoms with Crippen molar-refractivity contribution in [3.05, 3.63) is 63.9 Å². The van der Waals surface area contributed by atoms with Crippen molar-refractivity contribution in [3.8, 4) is 0 Å². The molecule has 0 saturated heterocycles. The van der Waals surface area contributed by atoms with Gasteiger partial charge in [-0.3, -0.25) is 4.79 Å². The van der Waals surface area contributed by atoms with E-state index >= 15 is 0 Å². The van der Waals surface area contributed by atoms with E-state index in [2.05, 4.69) is 21.2 Å². The Labute approximate surface area is 113 Å². The standard InChI is InChI=1S/C14H11BrFNO/c1-9-5-4-6-10(13(9)16)14(18)17-12-8-3-2-7-11(12)15/h2-8H,1H3,(H,17,18). The highest BCUT2D eigenvalue weighted by Crippen LogP contribution is 2.22. The Morgan fingerprint density at radius 2 is 1.89 bits per heavy atom. The number of halogens is 2. The topological polar surface area (TPSA) is 29.1 Å². The van der Waals surface area contributed by atoms with E-state index in [9.17, 15) is 9.18 Å². The zero-order valence-corrected chi connectivity index (χ0v) is 11.3. The molecule has 0 fully saturated rings. The van der Waals surface area contributed by atoms with Crippen LogP contribution in [0.5, 0.6) is 0 Å². The van der Waals surface area contributed by atoms with E-state index in [-0.39, 0.29) is 5.56 Å². The monoisotopic (exact) mass is 307 g/mol. The minimum Gasteiger partial charge on any atom is -0.321 e. The molecule has 0 heterocycles. The average Bonchev–Trinajstić information content (AvgIpc) is 2.35. The van der Waals surface area contributed by atoms with Crippen molar-refractivity contribution in [2.75, 3.05) is 5.32 Å². The molecular weight excluding hydrogens is 297 g/mol. The molecule has 0 aliphatic rings. The maximum absolute atomic E-state index is 13.8. The number of hydrogen-bond donors (Lipinski definition) is 1. The van der Waals surface area contributed by atoms with Crippen LogP contribution in [0.1, 0.15) is 15.9 Å². The molecule has 0 bridgehead atoms. The Kier molecular flexibility index (Phi) is 3.77. The predicted octanol–water partition coefficient (Wildman–Crippen LogP) is 4.15. The lowest BCUT2D eigenvalue weighted by Gasteiger charge is -2.08. The van der Waals surface area contributed by atoms with Crippen LogP contribution in [-0.2, 0) is 0 Å². The molecule has 1 amide bonds. The number of carbonyl (C=O) groups is 1. The Morgan fingerprint density at radius 3 is 2.61 bits per heavy atom. The Bertz CT molecular complexity index is 598. The molecule has 2 aromatic rings. The average molecular weight is 308 g/mol. The second-order valence-electron chi connectivity index (χ2n) is 3.87. The summed E-state index contributed by atoms with van der Waals surface area (Å²) in [5, 5.41) is 2.67. The summed E-state index contributed by atoms with van der Waals surface area (Å²) in [6, 6.07) is 11.9. The van der Waals surface area contributed by atoms with Gasteiger partial charge in [-0.1, -0.05) is 24.3 Å². The summed E-state index contributed by atoms with van der Waals surface area (Å²) in [6.45, 7) is 1.63. The molecule has 4 heteroatoms. The van der Waals surface area contributed by atoms with Crippen LogP contribution >= 0.6 is 15.9 Å². The predicted molar refractivity (Wildman–Crippen MR) is 73.2 cm³/mol. The van der Waals surface area contributed by atoms with Crippen molar-refractivity contribution < 1.29 is 9.18 Å². The van der Waals surface area contributed by atoms with E-state index in [4.69, 9.17) is 0 Å². The molecule has 0 spiro atoms. The summed E-state index contributed by atoms with van der Waals surface area (Å²) in [7, 11) is 0. The van der Waals surface area contributed by atoms with Gasteiger partial charge in [0.1, 0.15) is 5.82 Å². The van der Waals surface area contributed by atoms with Crippen LogP contribution in [0, 0.1) is 12.7 Å². The molecule has 0 aliphatic carbocycles. The lowest BCUT2D eigenvalue weighted by molar-refractivity contribution is 0.102. The quantitative estimate of drug-likeness (QED) is 0.887. The Morgan fingerprint density at radius 1 is 1.17 bits per heavy atom. The number of hydrogen-bond acceptors (Lipinski definition) is 1. The SMILES string of the molecule is Cc1cccc(C(=O)Nc2ccccc2Br)c1F. The number of nitrogens with one attached hydrogen (secondary N) is 1. The van der Waals surface area contributed by atoms with Gasteiger partial charge in [0.2, 0.25) is 0 Å². The van der Waals surface area contributed by atoms with Gasteiger partial charge in [-0.05, 0) is 46.6 Å². The van der Waals surface area contributed by atoms with Gasteiger partial charge in [0.25, 0.3) is 5.91 Å². The van der Waals surface area contributed by atoms with Crippen LogP contribution in [0.3, 0.4) is 0 Å². The number of rotatable bonds is 2. The Balaban J connectivity index is 2.28. The number of para-hydroxylation sites is 1. The number of benzene rings is 2. The van der Waals surface area contributed by atoms with E-state index in [0.29, 0.717) is 11.3 Å². The number of carbonyl (C=O) groups excluding carboxylic acids is 1. The minimum absolute atomic E-state index is 0.0470. The molecule has 0 radical (unpaired) electrons. The van der Waals surface area contributed by atoms with Gasteiger partial charge in [-0.15, -0.1) is 0 Å². The smallest absolute Gasteiger partial charge is 0.258 e. The van der Waals surface area contributed by atoms with Gasteiger partial charge < -0.3 is 5.32 Å². The van der Waals surface area contributed by atoms with E-state index in [1.54, 1.807) is 31.2 Å². The van der Waals surface area contributed by atoms with Crippen LogP contribution in [0.25, 0.3) is 0 Å². The van der Waals surface area contributed by atoms with Crippen molar-refractivity contribution in [2.24, 2.45) is 0 Å². The summed E-state index contributed by atoms with van der Waals surface area (Å²) in [6.07, 6.45) is 0. The molecule has 0 saturated carbocycles. The molecule has 18 heavy (non-hydrogen) atoms. The highest BCUT2D eigenvalue weighted by molar-refractivity contribution is 9.10. The maximum atomic E-state index is 13.8. The summed E-state index contributed by atoms with van der Waals surface area (Å²) >= 11 is 3.32. The summed E-state index contributed by atoms with van der Waals surface area (Å²) in [4.78, 5) is 12.0. The third-order valence-corrected chi connectivity index (χ3v) is 3.25. The zero-order valence-electron chi connectivity index (χ0n) is 9.71. The summed E-state index contributed by atoms with van der Waals surface area (Å²) in [5.74, 6) is -0.940. The molecule has 2 aromatic carbocycles. The largest absolute Gasteiger partial charge is 0.321 e. The van der Waals surface area contributed by atoms with Gasteiger partial charge in [-0.2, -0.15) is 0 Å².